The van der Waals surface area contributed by atoms with E-state index in [-0.39, 0.29) is 23.5 Å². The van der Waals surface area contributed by atoms with E-state index in [2.05, 4.69) is 5.32 Å². The van der Waals surface area contributed by atoms with Gasteiger partial charge in [-0.15, -0.1) is 0 Å². The van der Waals surface area contributed by atoms with Crippen LogP contribution in [0.15, 0.2) is 18.2 Å². The summed E-state index contributed by atoms with van der Waals surface area (Å²) in [6.07, 6.45) is 3.13. The maximum atomic E-state index is 13.6. The van der Waals surface area contributed by atoms with Crippen LogP contribution in [-0.4, -0.2) is 29.8 Å². The van der Waals surface area contributed by atoms with Gasteiger partial charge in [-0.2, -0.15) is 0 Å². The fraction of sp³-hybridized carbons (Fsp3) is 0.500. The highest BCUT2D eigenvalue weighted by molar-refractivity contribution is 5.94. The minimum absolute atomic E-state index is 0.0341. The highest BCUT2D eigenvalue weighted by Crippen LogP contribution is 2.38. The van der Waals surface area contributed by atoms with Crippen LogP contribution in [0.3, 0.4) is 0 Å². The molecule has 2 N–H and O–H groups in total. The van der Waals surface area contributed by atoms with E-state index < -0.39 is 11.7 Å². The molecule has 1 amide bonds. The second-order valence-corrected chi connectivity index (χ2v) is 5.21. The molecular formula is C14H16FNO3. The summed E-state index contributed by atoms with van der Waals surface area (Å²) in [5.41, 5.74) is -0.0424. The van der Waals surface area contributed by atoms with Gasteiger partial charge in [0, 0.05) is 12.7 Å². The largest absolute Gasteiger partial charge is 0.508 e. The topological polar surface area (TPSA) is 58.6 Å². The molecule has 5 heteroatoms. The van der Waals surface area contributed by atoms with E-state index in [1.165, 1.54) is 12.1 Å². The number of phenolic OH excluding ortho intramolecular Hbond substituents is 1. The van der Waals surface area contributed by atoms with Crippen LogP contribution in [-0.2, 0) is 4.74 Å². The third kappa shape index (κ3) is 2.56. The van der Waals surface area contributed by atoms with Crippen LogP contribution < -0.4 is 5.32 Å². The third-order valence-corrected chi connectivity index (χ3v) is 3.74. The van der Waals surface area contributed by atoms with Crippen molar-refractivity contribution in [2.45, 2.75) is 31.4 Å². The van der Waals surface area contributed by atoms with Gasteiger partial charge in [0.15, 0.2) is 0 Å². The van der Waals surface area contributed by atoms with Crippen LogP contribution in [0.4, 0.5) is 4.39 Å². The number of hydrogen-bond donors (Lipinski definition) is 2. The second-order valence-electron chi connectivity index (χ2n) is 5.21. The van der Waals surface area contributed by atoms with E-state index in [0.29, 0.717) is 12.5 Å². The van der Waals surface area contributed by atoms with E-state index in [4.69, 9.17) is 9.84 Å². The van der Waals surface area contributed by atoms with E-state index in [1.54, 1.807) is 0 Å². The Morgan fingerprint density at radius 2 is 2.16 bits per heavy atom. The molecule has 1 aliphatic carbocycles. The summed E-state index contributed by atoms with van der Waals surface area (Å²) in [5.74, 6) is -0.801. The third-order valence-electron chi connectivity index (χ3n) is 3.74. The first kappa shape index (κ1) is 12.4. The Bertz CT molecular complexity index is 501. The molecule has 2 aliphatic rings. The molecule has 1 heterocycles. The van der Waals surface area contributed by atoms with Crippen molar-refractivity contribution in [1.82, 2.24) is 5.32 Å². The van der Waals surface area contributed by atoms with Gasteiger partial charge in [-0.1, -0.05) is 0 Å². The van der Waals surface area contributed by atoms with Crippen LogP contribution in [0.1, 0.15) is 29.6 Å². The first-order chi connectivity index (χ1) is 9.15. The lowest BCUT2D eigenvalue weighted by molar-refractivity contribution is 0.0727. The second kappa shape index (κ2) is 4.81. The minimum atomic E-state index is -0.709. The Balaban J connectivity index is 1.70. The number of ether oxygens (including phenoxy) is 1. The fourth-order valence-electron chi connectivity index (χ4n) is 2.59. The molecule has 19 heavy (non-hydrogen) atoms. The molecule has 0 aromatic heterocycles. The predicted molar refractivity (Wildman–Crippen MR) is 66.4 cm³/mol. The van der Waals surface area contributed by atoms with Gasteiger partial charge in [-0.05, 0) is 37.3 Å². The van der Waals surface area contributed by atoms with E-state index in [1.807, 2.05) is 0 Å². The molecule has 1 aliphatic heterocycles. The zero-order valence-electron chi connectivity index (χ0n) is 10.4. The summed E-state index contributed by atoms with van der Waals surface area (Å²) >= 11 is 0. The number of carbonyl (C=O) groups excluding carboxylic acids is 1. The maximum Gasteiger partial charge on any atom is 0.254 e. The van der Waals surface area contributed by atoms with Gasteiger partial charge in [0.2, 0.25) is 0 Å². The summed E-state index contributed by atoms with van der Waals surface area (Å²) in [7, 11) is 0. The van der Waals surface area contributed by atoms with Crippen molar-refractivity contribution in [2.75, 3.05) is 6.61 Å². The van der Waals surface area contributed by atoms with E-state index >= 15 is 0 Å². The zero-order chi connectivity index (χ0) is 13.4. The van der Waals surface area contributed by atoms with Crippen LogP contribution in [0, 0.1) is 11.7 Å². The molecule has 2 atom stereocenters. The molecule has 0 spiro atoms. The molecule has 2 unspecified atom stereocenters. The van der Waals surface area contributed by atoms with Gasteiger partial charge in [0.05, 0.1) is 17.7 Å². The lowest BCUT2D eigenvalue weighted by atomic mass is 10.1. The smallest absolute Gasteiger partial charge is 0.254 e. The van der Waals surface area contributed by atoms with Crippen molar-refractivity contribution in [3.63, 3.8) is 0 Å². The highest BCUT2D eigenvalue weighted by Gasteiger charge is 2.41. The molecule has 1 saturated carbocycles. The maximum absolute atomic E-state index is 13.6. The number of hydrogen-bond acceptors (Lipinski definition) is 3. The Morgan fingerprint density at radius 1 is 1.37 bits per heavy atom. The number of aromatic hydroxyl groups is 1. The Kier molecular flexibility index (Phi) is 3.14. The lowest BCUT2D eigenvalue weighted by Gasteiger charge is -2.19. The fourth-order valence-corrected chi connectivity index (χ4v) is 2.59. The van der Waals surface area contributed by atoms with Gasteiger partial charge in [-0.25, -0.2) is 4.39 Å². The Labute approximate surface area is 110 Å². The molecule has 1 saturated heterocycles. The summed E-state index contributed by atoms with van der Waals surface area (Å²) < 4.78 is 19.2. The van der Waals surface area contributed by atoms with E-state index in [0.717, 1.165) is 25.3 Å². The first-order valence-electron chi connectivity index (χ1n) is 6.56. The lowest BCUT2D eigenvalue weighted by Crippen LogP contribution is -2.41. The number of phenols is 1. The average Bonchev–Trinajstić information content (AvgIpc) is 3.10. The standard InChI is InChI=1S/C14H16FNO3/c15-11-7-9(17)3-4-10(11)14(18)16-12-5-6-19-13(12)8-1-2-8/h3-4,7-8,12-13,17H,1-2,5-6H2,(H,16,18). The van der Waals surface area contributed by atoms with Crippen molar-refractivity contribution >= 4 is 5.91 Å². The number of nitrogens with one attached hydrogen (secondary N) is 1. The minimum Gasteiger partial charge on any atom is -0.508 e. The molecule has 1 aromatic rings. The first-order valence-corrected chi connectivity index (χ1v) is 6.56. The molecule has 4 nitrogen and oxygen atoms in total. The number of amides is 1. The van der Waals surface area contributed by atoms with Gasteiger partial charge in [-0.3, -0.25) is 4.79 Å². The van der Waals surface area contributed by atoms with E-state index in [9.17, 15) is 9.18 Å². The van der Waals surface area contributed by atoms with Gasteiger partial charge in [0.1, 0.15) is 11.6 Å². The summed E-state index contributed by atoms with van der Waals surface area (Å²) in [6, 6.07) is 3.51. The van der Waals surface area contributed by atoms with Crippen molar-refractivity contribution in [1.29, 1.82) is 0 Å². The average molecular weight is 265 g/mol. The monoisotopic (exact) mass is 265 g/mol. The molecule has 3 rings (SSSR count). The van der Waals surface area contributed by atoms with Crippen molar-refractivity contribution in [3.8, 4) is 5.75 Å². The zero-order valence-corrected chi connectivity index (χ0v) is 10.4. The number of halogens is 1. The molecule has 2 fully saturated rings. The molecular weight excluding hydrogens is 249 g/mol. The highest BCUT2D eigenvalue weighted by atomic mass is 19.1. The Morgan fingerprint density at radius 3 is 2.84 bits per heavy atom. The van der Waals surface area contributed by atoms with Crippen molar-refractivity contribution < 1.29 is 19.0 Å². The van der Waals surface area contributed by atoms with Gasteiger partial charge in [0.25, 0.3) is 5.91 Å². The molecule has 0 radical (unpaired) electrons. The Hall–Kier alpha value is -1.62. The van der Waals surface area contributed by atoms with Crippen LogP contribution >= 0.6 is 0 Å². The molecule has 102 valence electrons. The van der Waals surface area contributed by atoms with Crippen LogP contribution in [0.2, 0.25) is 0 Å². The number of rotatable bonds is 3. The SMILES string of the molecule is O=C(NC1CCOC1C1CC1)c1ccc(O)cc1F. The summed E-state index contributed by atoms with van der Waals surface area (Å²) in [6.45, 7) is 0.643. The van der Waals surface area contributed by atoms with Crippen molar-refractivity contribution in [3.05, 3.63) is 29.6 Å². The van der Waals surface area contributed by atoms with Gasteiger partial charge >= 0.3 is 0 Å². The number of benzene rings is 1. The molecule has 1 aromatic carbocycles. The van der Waals surface area contributed by atoms with Crippen molar-refractivity contribution in [2.24, 2.45) is 5.92 Å². The normalized spacial score (nSPS) is 26.4. The summed E-state index contributed by atoms with van der Waals surface area (Å²) in [5, 5.41) is 12.0. The van der Waals surface area contributed by atoms with Crippen LogP contribution in [0.5, 0.6) is 5.75 Å². The van der Waals surface area contributed by atoms with Gasteiger partial charge < -0.3 is 15.2 Å². The predicted octanol–water partition coefficient (Wildman–Crippen LogP) is 1.83. The van der Waals surface area contributed by atoms with Crippen LogP contribution in [0.25, 0.3) is 0 Å². The molecule has 0 bridgehead atoms. The summed E-state index contributed by atoms with van der Waals surface area (Å²) in [4.78, 5) is 12.0. The number of carbonyl (C=O) groups is 1. The quantitative estimate of drug-likeness (QED) is 0.876.